The van der Waals surface area contributed by atoms with Gasteiger partial charge in [0.2, 0.25) is 5.91 Å². The lowest BCUT2D eigenvalue weighted by Crippen LogP contribution is -2.49. The first-order valence-electron chi connectivity index (χ1n) is 10.2. The average molecular weight is 428 g/mol. The molecule has 0 bridgehead atoms. The number of rotatable bonds is 10. The van der Waals surface area contributed by atoms with E-state index < -0.39 is 36.0 Å². The number of carbonyl (C=O) groups is 3. The summed E-state index contributed by atoms with van der Waals surface area (Å²) in [5.41, 5.74) is -0.158. The Hall–Kier alpha value is -3.34. The van der Waals surface area contributed by atoms with E-state index in [1.54, 1.807) is 58.2 Å². The second-order valence-electron chi connectivity index (χ2n) is 8.08. The van der Waals surface area contributed by atoms with Crippen LogP contribution in [0.1, 0.15) is 39.2 Å². The molecule has 0 aliphatic heterocycles. The fraction of sp³-hybridized carbons (Fsp3) is 0.478. The molecule has 2 atom stereocenters. The van der Waals surface area contributed by atoms with Crippen molar-refractivity contribution in [2.24, 2.45) is 11.8 Å². The number of nitriles is 1. The zero-order valence-corrected chi connectivity index (χ0v) is 18.3. The lowest BCUT2D eigenvalue weighted by molar-refractivity contribution is -0.152. The smallest absolute Gasteiger partial charge is 0.329 e. The number of hydrogen-bond acceptors (Lipinski definition) is 6. The van der Waals surface area contributed by atoms with Crippen molar-refractivity contribution in [3.8, 4) is 11.8 Å². The maximum atomic E-state index is 12.4. The number of nitrogens with one attached hydrogen (secondary N) is 2. The molecule has 1 saturated carbocycles. The molecule has 1 fully saturated rings. The van der Waals surface area contributed by atoms with E-state index in [4.69, 9.17) is 9.47 Å². The first-order valence-corrected chi connectivity index (χ1v) is 10.2. The van der Waals surface area contributed by atoms with Crippen LogP contribution in [-0.4, -0.2) is 43.1 Å². The summed E-state index contributed by atoms with van der Waals surface area (Å²) in [5.74, 6) is -1.12. The molecule has 0 heterocycles. The maximum absolute atomic E-state index is 12.4. The second kappa shape index (κ2) is 10.6. The highest BCUT2D eigenvalue weighted by Gasteiger charge is 2.43. The summed E-state index contributed by atoms with van der Waals surface area (Å²) in [6.45, 7) is 4.68. The van der Waals surface area contributed by atoms with Crippen LogP contribution in [0.4, 0.5) is 0 Å². The van der Waals surface area contributed by atoms with Crippen molar-refractivity contribution < 1.29 is 23.9 Å². The summed E-state index contributed by atoms with van der Waals surface area (Å²) >= 11 is 0. The molecule has 2 rings (SSSR count). The number of carbonyl (C=O) groups excluding carboxylic acids is 3. The van der Waals surface area contributed by atoms with Crippen LogP contribution in [0.2, 0.25) is 0 Å². The SMILES string of the molecule is COc1ccc(/C=C/C(=O)N[C@H](C(=O)OCC(=O)N[C@@](C)(C#N)C2CC2)C(C)C)cc1. The van der Waals surface area contributed by atoms with Crippen molar-refractivity contribution in [1.29, 1.82) is 5.26 Å². The predicted octanol–water partition coefficient (Wildman–Crippen LogP) is 2.20. The van der Waals surface area contributed by atoms with Gasteiger partial charge in [0.1, 0.15) is 17.3 Å². The largest absolute Gasteiger partial charge is 0.497 e. The van der Waals surface area contributed by atoms with Gasteiger partial charge in [-0.3, -0.25) is 9.59 Å². The zero-order chi connectivity index (χ0) is 23.0. The molecule has 166 valence electrons. The summed E-state index contributed by atoms with van der Waals surface area (Å²) in [6, 6.07) is 8.35. The van der Waals surface area contributed by atoms with Crippen LogP contribution in [0.3, 0.4) is 0 Å². The summed E-state index contributed by atoms with van der Waals surface area (Å²) in [5, 5.41) is 14.6. The van der Waals surface area contributed by atoms with Gasteiger partial charge in [0.15, 0.2) is 6.61 Å². The number of nitrogens with zero attached hydrogens (tertiary/aromatic N) is 1. The fourth-order valence-corrected chi connectivity index (χ4v) is 3.02. The monoisotopic (exact) mass is 427 g/mol. The van der Waals surface area contributed by atoms with E-state index in [0.717, 1.165) is 18.4 Å². The molecule has 1 aromatic rings. The normalized spacial score (nSPS) is 16.1. The van der Waals surface area contributed by atoms with Crippen molar-refractivity contribution in [3.05, 3.63) is 35.9 Å². The van der Waals surface area contributed by atoms with Crippen LogP contribution < -0.4 is 15.4 Å². The van der Waals surface area contributed by atoms with E-state index in [1.165, 1.54) is 6.08 Å². The third-order valence-corrected chi connectivity index (χ3v) is 5.13. The van der Waals surface area contributed by atoms with Gasteiger partial charge in [0, 0.05) is 6.08 Å². The Morgan fingerprint density at radius 3 is 2.42 bits per heavy atom. The van der Waals surface area contributed by atoms with Crippen LogP contribution in [0, 0.1) is 23.2 Å². The van der Waals surface area contributed by atoms with Gasteiger partial charge in [-0.15, -0.1) is 0 Å². The topological polar surface area (TPSA) is 118 Å². The molecule has 0 aromatic heterocycles. The Labute approximate surface area is 182 Å². The van der Waals surface area contributed by atoms with Crippen molar-refractivity contribution in [3.63, 3.8) is 0 Å². The Balaban J connectivity index is 1.87. The summed E-state index contributed by atoms with van der Waals surface area (Å²) in [4.78, 5) is 36.8. The molecule has 0 radical (unpaired) electrons. The molecule has 0 spiro atoms. The molecule has 2 amide bonds. The van der Waals surface area contributed by atoms with Gasteiger partial charge < -0.3 is 20.1 Å². The first kappa shape index (κ1) is 23.9. The molecule has 0 unspecified atom stereocenters. The van der Waals surface area contributed by atoms with Gasteiger partial charge in [0.05, 0.1) is 13.2 Å². The quantitative estimate of drug-likeness (QED) is 0.437. The molecule has 1 aromatic carbocycles. The maximum Gasteiger partial charge on any atom is 0.329 e. The van der Waals surface area contributed by atoms with Crippen molar-refractivity contribution in [2.75, 3.05) is 13.7 Å². The number of methoxy groups -OCH3 is 1. The second-order valence-corrected chi connectivity index (χ2v) is 8.08. The standard InChI is InChI=1S/C23H29N3O5/c1-15(2)21(25-19(27)12-7-16-5-10-18(30-4)11-6-16)22(29)31-13-20(28)26-23(3,14-24)17-8-9-17/h5-7,10-12,15,17,21H,8-9,13H2,1-4H3,(H,25,27)(H,26,28)/b12-7+/t21-,23-/m0/s1. The molecular weight excluding hydrogens is 398 g/mol. The molecule has 1 aliphatic carbocycles. The lowest BCUT2D eigenvalue weighted by atomic mass is 9.98. The summed E-state index contributed by atoms with van der Waals surface area (Å²) in [6.07, 6.45) is 4.71. The summed E-state index contributed by atoms with van der Waals surface area (Å²) < 4.78 is 10.2. The molecule has 0 saturated heterocycles. The van der Waals surface area contributed by atoms with E-state index in [1.807, 2.05) is 0 Å². The van der Waals surface area contributed by atoms with E-state index in [9.17, 15) is 19.6 Å². The van der Waals surface area contributed by atoms with Gasteiger partial charge in [0.25, 0.3) is 5.91 Å². The van der Waals surface area contributed by atoms with Gasteiger partial charge >= 0.3 is 5.97 Å². The Morgan fingerprint density at radius 1 is 1.26 bits per heavy atom. The zero-order valence-electron chi connectivity index (χ0n) is 18.3. The Morgan fingerprint density at radius 2 is 1.90 bits per heavy atom. The van der Waals surface area contributed by atoms with E-state index in [-0.39, 0.29) is 11.8 Å². The van der Waals surface area contributed by atoms with Crippen LogP contribution in [-0.2, 0) is 19.1 Å². The Bertz CT molecular complexity index is 868. The number of benzene rings is 1. The minimum Gasteiger partial charge on any atom is -0.497 e. The van der Waals surface area contributed by atoms with E-state index in [0.29, 0.717) is 5.75 Å². The van der Waals surface area contributed by atoms with Crippen molar-refractivity contribution in [2.45, 2.75) is 45.2 Å². The molecule has 8 heteroatoms. The van der Waals surface area contributed by atoms with Crippen LogP contribution >= 0.6 is 0 Å². The lowest BCUT2D eigenvalue weighted by Gasteiger charge is -2.23. The highest BCUT2D eigenvalue weighted by molar-refractivity contribution is 5.95. The van der Waals surface area contributed by atoms with Crippen LogP contribution in [0.25, 0.3) is 6.08 Å². The van der Waals surface area contributed by atoms with Crippen molar-refractivity contribution in [1.82, 2.24) is 10.6 Å². The minimum atomic E-state index is -0.957. The van der Waals surface area contributed by atoms with Crippen molar-refractivity contribution >= 4 is 23.9 Å². The third kappa shape index (κ3) is 7.14. The Kier molecular flexibility index (Phi) is 8.20. The van der Waals surface area contributed by atoms with Crippen LogP contribution in [0.5, 0.6) is 5.75 Å². The highest BCUT2D eigenvalue weighted by atomic mass is 16.5. The minimum absolute atomic E-state index is 0.123. The number of amides is 2. The average Bonchev–Trinajstić information content (AvgIpc) is 3.60. The van der Waals surface area contributed by atoms with E-state index >= 15 is 0 Å². The van der Waals surface area contributed by atoms with Gasteiger partial charge in [-0.05, 0) is 55.4 Å². The van der Waals surface area contributed by atoms with E-state index in [2.05, 4.69) is 16.7 Å². The predicted molar refractivity (Wildman–Crippen MR) is 115 cm³/mol. The van der Waals surface area contributed by atoms with Gasteiger partial charge in [-0.2, -0.15) is 5.26 Å². The molecule has 2 N–H and O–H groups in total. The first-order chi connectivity index (χ1) is 14.7. The number of esters is 1. The van der Waals surface area contributed by atoms with Gasteiger partial charge in [-0.1, -0.05) is 26.0 Å². The fourth-order valence-electron chi connectivity index (χ4n) is 3.02. The highest BCUT2D eigenvalue weighted by Crippen LogP contribution is 2.39. The molecule has 1 aliphatic rings. The molecular formula is C23H29N3O5. The van der Waals surface area contributed by atoms with Gasteiger partial charge in [-0.25, -0.2) is 4.79 Å². The van der Waals surface area contributed by atoms with Crippen LogP contribution in [0.15, 0.2) is 30.3 Å². The third-order valence-electron chi connectivity index (χ3n) is 5.13. The number of hydrogen-bond donors (Lipinski definition) is 2. The number of ether oxygens (including phenoxy) is 2. The molecule has 8 nitrogen and oxygen atoms in total. The summed E-state index contributed by atoms with van der Waals surface area (Å²) in [7, 11) is 1.57. The molecule has 31 heavy (non-hydrogen) atoms.